The molecule has 0 saturated heterocycles. The van der Waals surface area contributed by atoms with Crippen molar-refractivity contribution >= 4 is 35.0 Å². The number of carbonyl (C=O) groups excluding carboxylic acids is 4. The van der Waals surface area contributed by atoms with E-state index in [1.807, 2.05) is 13.8 Å². The molecule has 8 heteroatoms. The lowest BCUT2D eigenvalue weighted by molar-refractivity contribution is 0.0635. The quantitative estimate of drug-likeness (QED) is 0.564. The fourth-order valence-corrected chi connectivity index (χ4v) is 3.55. The van der Waals surface area contributed by atoms with Gasteiger partial charge in [-0.1, -0.05) is 26.0 Å². The number of nitrogens with zero attached hydrogens (tertiary/aromatic N) is 2. The van der Waals surface area contributed by atoms with Crippen molar-refractivity contribution in [3.8, 4) is 0 Å². The topological polar surface area (TPSA) is 108 Å². The number of anilines is 2. The van der Waals surface area contributed by atoms with E-state index >= 15 is 0 Å². The van der Waals surface area contributed by atoms with Crippen LogP contribution in [0, 0.1) is 5.92 Å². The van der Waals surface area contributed by atoms with Gasteiger partial charge < -0.3 is 10.6 Å². The first-order valence-corrected chi connectivity index (χ1v) is 10.5. The van der Waals surface area contributed by atoms with Crippen molar-refractivity contribution in [2.24, 2.45) is 5.92 Å². The van der Waals surface area contributed by atoms with Crippen molar-refractivity contribution in [1.29, 1.82) is 0 Å². The average Bonchev–Trinajstić information content (AvgIpc) is 3.04. The summed E-state index contributed by atoms with van der Waals surface area (Å²) in [5.41, 5.74) is 1.92. The van der Waals surface area contributed by atoms with Gasteiger partial charge >= 0.3 is 0 Å². The summed E-state index contributed by atoms with van der Waals surface area (Å²) in [5.74, 6) is -1.45. The van der Waals surface area contributed by atoms with E-state index in [1.54, 1.807) is 42.6 Å². The second kappa shape index (κ2) is 9.04. The normalized spacial score (nSPS) is 12.6. The Bertz CT molecular complexity index is 1250. The molecule has 4 rings (SSSR count). The molecule has 0 fully saturated rings. The van der Waals surface area contributed by atoms with Crippen LogP contribution in [-0.2, 0) is 0 Å². The third-order valence-corrected chi connectivity index (χ3v) is 5.13. The van der Waals surface area contributed by atoms with Crippen LogP contribution in [0.4, 0.5) is 11.4 Å². The molecule has 0 unspecified atom stereocenters. The van der Waals surface area contributed by atoms with Gasteiger partial charge in [-0.3, -0.25) is 29.1 Å². The number of imide groups is 1. The Balaban J connectivity index is 1.54. The number of pyridine rings is 1. The van der Waals surface area contributed by atoms with Crippen LogP contribution in [0.15, 0.2) is 67.0 Å². The molecule has 4 amide bonds. The van der Waals surface area contributed by atoms with Gasteiger partial charge in [-0.05, 0) is 48.4 Å². The molecular formula is C25H22N4O4. The number of hydrogen-bond donors (Lipinski definition) is 2. The maximum Gasteiger partial charge on any atom is 0.261 e. The summed E-state index contributed by atoms with van der Waals surface area (Å²) in [6.45, 7) is 4.16. The molecular weight excluding hydrogens is 420 g/mol. The minimum Gasteiger partial charge on any atom is -0.320 e. The number of nitrogens with one attached hydrogen (secondary N) is 2. The van der Waals surface area contributed by atoms with E-state index in [1.165, 1.54) is 29.3 Å². The van der Waals surface area contributed by atoms with Gasteiger partial charge in [-0.25, -0.2) is 0 Å². The maximum atomic E-state index is 12.9. The van der Waals surface area contributed by atoms with Gasteiger partial charge in [0.15, 0.2) is 0 Å². The Morgan fingerprint density at radius 2 is 1.48 bits per heavy atom. The molecule has 33 heavy (non-hydrogen) atoms. The highest BCUT2D eigenvalue weighted by atomic mass is 16.2. The van der Waals surface area contributed by atoms with Crippen LogP contribution in [0.3, 0.4) is 0 Å². The van der Waals surface area contributed by atoms with Crippen LogP contribution in [-0.4, -0.2) is 40.1 Å². The van der Waals surface area contributed by atoms with Gasteiger partial charge in [0.25, 0.3) is 23.6 Å². The Morgan fingerprint density at radius 3 is 2.09 bits per heavy atom. The van der Waals surface area contributed by atoms with E-state index in [0.717, 1.165) is 0 Å². The fourth-order valence-electron chi connectivity index (χ4n) is 3.55. The minimum absolute atomic E-state index is 0.133. The molecule has 2 heterocycles. The molecule has 0 spiro atoms. The van der Waals surface area contributed by atoms with E-state index in [4.69, 9.17) is 0 Å². The summed E-state index contributed by atoms with van der Waals surface area (Å²) in [6, 6.07) is 14.5. The van der Waals surface area contributed by atoms with E-state index < -0.39 is 11.8 Å². The molecule has 8 nitrogen and oxygen atoms in total. The highest BCUT2D eigenvalue weighted by Crippen LogP contribution is 2.26. The third-order valence-electron chi connectivity index (χ3n) is 5.13. The van der Waals surface area contributed by atoms with Gasteiger partial charge in [0.2, 0.25) is 0 Å². The molecule has 2 aromatic carbocycles. The van der Waals surface area contributed by atoms with Crippen LogP contribution >= 0.6 is 0 Å². The first-order chi connectivity index (χ1) is 15.8. The Morgan fingerprint density at radius 1 is 0.848 bits per heavy atom. The Kier molecular flexibility index (Phi) is 5.99. The number of hydrogen-bond acceptors (Lipinski definition) is 5. The molecule has 0 bridgehead atoms. The van der Waals surface area contributed by atoms with Gasteiger partial charge in [-0.2, -0.15) is 0 Å². The zero-order valence-corrected chi connectivity index (χ0v) is 18.2. The fraction of sp³-hybridized carbons (Fsp3) is 0.160. The van der Waals surface area contributed by atoms with Crippen LogP contribution in [0.1, 0.15) is 55.3 Å². The number of amides is 4. The maximum absolute atomic E-state index is 12.9. The molecule has 166 valence electrons. The summed E-state index contributed by atoms with van der Waals surface area (Å²) in [7, 11) is 0. The lowest BCUT2D eigenvalue weighted by Crippen LogP contribution is -2.33. The summed E-state index contributed by atoms with van der Waals surface area (Å²) in [6.07, 6.45) is 3.02. The third kappa shape index (κ3) is 4.50. The highest BCUT2D eigenvalue weighted by molar-refractivity contribution is 6.22. The van der Waals surface area contributed by atoms with E-state index in [9.17, 15) is 19.2 Å². The first-order valence-electron chi connectivity index (χ1n) is 10.5. The van der Waals surface area contributed by atoms with Crippen molar-refractivity contribution in [3.05, 3.63) is 89.2 Å². The van der Waals surface area contributed by atoms with Crippen molar-refractivity contribution in [2.75, 3.05) is 17.2 Å². The summed E-state index contributed by atoms with van der Waals surface area (Å²) in [4.78, 5) is 55.8. The van der Waals surface area contributed by atoms with E-state index in [-0.39, 0.29) is 28.9 Å². The average molecular weight is 442 g/mol. The molecule has 1 aliphatic heterocycles. The monoisotopic (exact) mass is 442 g/mol. The SMILES string of the molecule is CC(C)CN1C(=O)c2ccc(C(=O)Nc3ccccc3NC(=O)c3cccnc3)cc2C1=O. The van der Waals surface area contributed by atoms with Gasteiger partial charge in [0.05, 0.1) is 28.1 Å². The zero-order chi connectivity index (χ0) is 23.5. The Labute approximate surface area is 190 Å². The second-order valence-electron chi connectivity index (χ2n) is 8.07. The highest BCUT2D eigenvalue weighted by Gasteiger charge is 2.36. The summed E-state index contributed by atoms with van der Waals surface area (Å²) >= 11 is 0. The second-order valence-corrected chi connectivity index (χ2v) is 8.07. The number of rotatable bonds is 6. The van der Waals surface area contributed by atoms with Crippen LogP contribution < -0.4 is 10.6 Å². The first kappa shape index (κ1) is 21.9. The van der Waals surface area contributed by atoms with Crippen LogP contribution in [0.2, 0.25) is 0 Å². The number of aromatic nitrogens is 1. The summed E-state index contributed by atoms with van der Waals surface area (Å²) in [5, 5.41) is 5.53. The van der Waals surface area contributed by atoms with E-state index in [0.29, 0.717) is 29.0 Å². The lowest BCUT2D eigenvalue weighted by Gasteiger charge is -2.15. The van der Waals surface area contributed by atoms with Crippen LogP contribution in [0.25, 0.3) is 0 Å². The molecule has 2 N–H and O–H groups in total. The molecule has 3 aromatic rings. The van der Waals surface area contributed by atoms with Gasteiger partial charge in [-0.15, -0.1) is 0 Å². The standard InChI is InChI=1S/C25H22N4O4/c1-15(2)14-29-24(32)18-10-9-16(12-19(18)25(29)33)22(30)27-20-7-3-4-8-21(20)28-23(31)17-6-5-11-26-13-17/h3-13,15H,14H2,1-2H3,(H,27,30)(H,28,31). The van der Waals surface area contributed by atoms with Gasteiger partial charge in [0.1, 0.15) is 0 Å². The molecule has 1 aliphatic rings. The number of benzene rings is 2. The van der Waals surface area contributed by atoms with Crippen molar-refractivity contribution in [1.82, 2.24) is 9.88 Å². The molecule has 0 radical (unpaired) electrons. The number of para-hydroxylation sites is 2. The minimum atomic E-state index is -0.469. The van der Waals surface area contributed by atoms with Gasteiger partial charge in [0, 0.05) is 24.5 Å². The van der Waals surface area contributed by atoms with Crippen molar-refractivity contribution in [2.45, 2.75) is 13.8 Å². The molecule has 0 saturated carbocycles. The Hall–Kier alpha value is -4.33. The van der Waals surface area contributed by atoms with Crippen LogP contribution in [0.5, 0.6) is 0 Å². The van der Waals surface area contributed by atoms with Crippen molar-refractivity contribution in [3.63, 3.8) is 0 Å². The lowest BCUT2D eigenvalue weighted by atomic mass is 10.1. The zero-order valence-electron chi connectivity index (χ0n) is 18.2. The largest absolute Gasteiger partial charge is 0.320 e. The predicted octanol–water partition coefficient (Wildman–Crippen LogP) is 3.84. The summed E-state index contributed by atoms with van der Waals surface area (Å²) < 4.78 is 0. The number of carbonyl (C=O) groups is 4. The smallest absolute Gasteiger partial charge is 0.261 e. The number of fused-ring (bicyclic) bond motifs is 1. The molecule has 0 atom stereocenters. The molecule has 1 aromatic heterocycles. The van der Waals surface area contributed by atoms with E-state index in [2.05, 4.69) is 15.6 Å². The molecule has 0 aliphatic carbocycles. The van der Waals surface area contributed by atoms with Crippen molar-refractivity contribution < 1.29 is 19.2 Å². The predicted molar refractivity (Wildman–Crippen MR) is 123 cm³/mol.